The lowest BCUT2D eigenvalue weighted by atomic mass is 10.0. The molecule has 0 aromatic carbocycles. The Kier molecular flexibility index (Phi) is 2.09. The number of aliphatic hydroxyl groups is 1. The molecule has 9 heavy (non-hydrogen) atoms. The fraction of sp³-hybridized carbons (Fsp3) is 1.00. The van der Waals surface area contributed by atoms with Crippen molar-refractivity contribution < 1.29 is 9.84 Å². The molecule has 0 aromatic heterocycles. The lowest BCUT2D eigenvalue weighted by Gasteiger charge is -2.09. The lowest BCUT2D eigenvalue weighted by Crippen LogP contribution is -2.18. The van der Waals surface area contributed by atoms with E-state index in [0.29, 0.717) is 12.0 Å². The van der Waals surface area contributed by atoms with Crippen LogP contribution < -0.4 is 0 Å². The van der Waals surface area contributed by atoms with Gasteiger partial charge in [0.1, 0.15) is 0 Å². The molecule has 1 heterocycles. The summed E-state index contributed by atoms with van der Waals surface area (Å²) in [6, 6.07) is 0. The highest BCUT2D eigenvalue weighted by Crippen LogP contribution is 2.24. The van der Waals surface area contributed by atoms with Gasteiger partial charge in [0.05, 0.1) is 18.8 Å². The number of aliphatic hydroxyl groups excluding tert-OH is 1. The third-order valence-electron chi connectivity index (χ3n) is 1.93. The summed E-state index contributed by atoms with van der Waals surface area (Å²) >= 11 is 0. The van der Waals surface area contributed by atoms with Gasteiger partial charge in [-0.25, -0.2) is 0 Å². The van der Waals surface area contributed by atoms with Crippen molar-refractivity contribution in [2.75, 3.05) is 6.61 Å². The Hall–Kier alpha value is -0.0800. The van der Waals surface area contributed by atoms with Gasteiger partial charge in [-0.15, -0.1) is 0 Å². The second kappa shape index (κ2) is 2.67. The van der Waals surface area contributed by atoms with Gasteiger partial charge < -0.3 is 9.84 Å². The van der Waals surface area contributed by atoms with Crippen LogP contribution in [-0.4, -0.2) is 23.9 Å². The average molecular weight is 130 g/mol. The monoisotopic (exact) mass is 130 g/mol. The predicted molar refractivity (Wildman–Crippen MR) is 35.2 cm³/mol. The summed E-state index contributed by atoms with van der Waals surface area (Å²) < 4.78 is 5.37. The van der Waals surface area contributed by atoms with Gasteiger partial charge in [0.25, 0.3) is 0 Å². The molecule has 1 aliphatic rings. The van der Waals surface area contributed by atoms with E-state index in [0.717, 1.165) is 6.42 Å². The Morgan fingerprint density at radius 2 is 2.22 bits per heavy atom. The van der Waals surface area contributed by atoms with Gasteiger partial charge in [-0.2, -0.15) is 0 Å². The largest absolute Gasteiger partial charge is 0.394 e. The van der Waals surface area contributed by atoms with Crippen molar-refractivity contribution in [1.82, 2.24) is 0 Å². The van der Waals surface area contributed by atoms with Crippen LogP contribution in [0, 0.1) is 5.92 Å². The molecule has 0 bridgehead atoms. The van der Waals surface area contributed by atoms with Gasteiger partial charge in [0.2, 0.25) is 0 Å². The smallest absolute Gasteiger partial charge is 0.0835 e. The molecule has 0 aromatic rings. The first-order valence-corrected chi connectivity index (χ1v) is 3.50. The van der Waals surface area contributed by atoms with Gasteiger partial charge >= 0.3 is 0 Å². The van der Waals surface area contributed by atoms with Crippen LogP contribution in [0.4, 0.5) is 0 Å². The third kappa shape index (κ3) is 1.43. The molecule has 0 spiro atoms. The number of hydrogen-bond donors (Lipinski definition) is 1. The van der Waals surface area contributed by atoms with Gasteiger partial charge in [-0.05, 0) is 19.3 Å². The summed E-state index contributed by atoms with van der Waals surface area (Å²) in [5, 5.41) is 8.73. The fourth-order valence-corrected chi connectivity index (χ4v) is 1.39. The molecule has 54 valence electrons. The summed E-state index contributed by atoms with van der Waals surface area (Å²) in [5.41, 5.74) is 0. The summed E-state index contributed by atoms with van der Waals surface area (Å²) in [4.78, 5) is 0. The Morgan fingerprint density at radius 3 is 2.44 bits per heavy atom. The lowest BCUT2D eigenvalue weighted by molar-refractivity contribution is 0.00884. The molecule has 0 saturated carbocycles. The minimum Gasteiger partial charge on any atom is -0.394 e. The average Bonchev–Trinajstić information content (AvgIpc) is 2.10. The topological polar surface area (TPSA) is 29.5 Å². The normalized spacial score (nSPS) is 43.7. The van der Waals surface area contributed by atoms with Crippen LogP contribution in [-0.2, 0) is 4.74 Å². The quantitative estimate of drug-likeness (QED) is 0.568. The summed E-state index contributed by atoms with van der Waals surface area (Å²) in [6.07, 6.45) is 1.53. The molecule has 1 rings (SSSR count). The van der Waals surface area contributed by atoms with Crippen LogP contribution in [0.1, 0.15) is 20.3 Å². The van der Waals surface area contributed by atoms with Gasteiger partial charge in [-0.1, -0.05) is 6.92 Å². The predicted octanol–water partition coefficient (Wildman–Crippen LogP) is 0.792. The van der Waals surface area contributed by atoms with Gasteiger partial charge in [0.15, 0.2) is 0 Å². The second-order valence-corrected chi connectivity index (χ2v) is 2.88. The van der Waals surface area contributed by atoms with E-state index in [1.807, 2.05) is 6.92 Å². The molecule has 1 unspecified atom stereocenters. The van der Waals surface area contributed by atoms with E-state index in [9.17, 15) is 0 Å². The highest BCUT2D eigenvalue weighted by atomic mass is 16.5. The number of hydrogen-bond acceptors (Lipinski definition) is 2. The van der Waals surface area contributed by atoms with Crippen LogP contribution in [0.5, 0.6) is 0 Å². The van der Waals surface area contributed by atoms with Crippen molar-refractivity contribution in [3.8, 4) is 0 Å². The maximum Gasteiger partial charge on any atom is 0.0835 e. The molecular weight excluding hydrogens is 116 g/mol. The molecule has 1 fully saturated rings. The highest BCUT2D eigenvalue weighted by molar-refractivity contribution is 4.76. The van der Waals surface area contributed by atoms with E-state index in [4.69, 9.17) is 9.84 Å². The Morgan fingerprint density at radius 1 is 1.56 bits per heavy atom. The minimum atomic E-state index is 0.0972. The van der Waals surface area contributed by atoms with Crippen LogP contribution in [0.15, 0.2) is 0 Å². The first kappa shape index (κ1) is 7.03. The summed E-state index contributed by atoms with van der Waals surface area (Å²) in [6.45, 7) is 4.34. The van der Waals surface area contributed by atoms with Crippen LogP contribution in [0.2, 0.25) is 0 Å². The molecule has 3 atom stereocenters. The molecule has 1 N–H and O–H groups in total. The zero-order chi connectivity index (χ0) is 6.85. The molecule has 2 heteroatoms. The molecule has 1 saturated heterocycles. The van der Waals surface area contributed by atoms with E-state index in [2.05, 4.69) is 6.92 Å². The van der Waals surface area contributed by atoms with Crippen LogP contribution >= 0.6 is 0 Å². The van der Waals surface area contributed by atoms with E-state index in [1.54, 1.807) is 0 Å². The zero-order valence-electron chi connectivity index (χ0n) is 6.00. The SMILES string of the molecule is CC1C[C@@H](C)O[C@H]1CO. The Labute approximate surface area is 55.8 Å². The van der Waals surface area contributed by atoms with Crippen LogP contribution in [0.3, 0.4) is 0 Å². The van der Waals surface area contributed by atoms with E-state index in [1.165, 1.54) is 0 Å². The van der Waals surface area contributed by atoms with E-state index in [-0.39, 0.29) is 12.7 Å². The van der Waals surface area contributed by atoms with Crippen molar-refractivity contribution in [2.45, 2.75) is 32.5 Å². The molecule has 2 nitrogen and oxygen atoms in total. The minimum absolute atomic E-state index is 0.0972. The number of ether oxygens (including phenoxy) is 1. The molecular formula is C7H14O2. The third-order valence-corrected chi connectivity index (χ3v) is 1.93. The van der Waals surface area contributed by atoms with E-state index < -0.39 is 0 Å². The van der Waals surface area contributed by atoms with Gasteiger partial charge in [-0.3, -0.25) is 0 Å². The number of rotatable bonds is 1. The highest BCUT2D eigenvalue weighted by Gasteiger charge is 2.28. The second-order valence-electron chi connectivity index (χ2n) is 2.88. The van der Waals surface area contributed by atoms with E-state index >= 15 is 0 Å². The van der Waals surface area contributed by atoms with Crippen molar-refractivity contribution >= 4 is 0 Å². The van der Waals surface area contributed by atoms with Gasteiger partial charge in [0, 0.05) is 0 Å². The Balaban J connectivity index is 2.38. The van der Waals surface area contributed by atoms with Crippen molar-refractivity contribution in [2.24, 2.45) is 5.92 Å². The molecule has 0 aliphatic carbocycles. The Bertz CT molecular complexity index is 92.9. The van der Waals surface area contributed by atoms with Crippen molar-refractivity contribution in [1.29, 1.82) is 0 Å². The first-order chi connectivity index (χ1) is 4.24. The van der Waals surface area contributed by atoms with Crippen molar-refractivity contribution in [3.63, 3.8) is 0 Å². The molecule has 1 aliphatic heterocycles. The van der Waals surface area contributed by atoms with Crippen molar-refractivity contribution in [3.05, 3.63) is 0 Å². The molecule has 0 radical (unpaired) electrons. The first-order valence-electron chi connectivity index (χ1n) is 3.50. The zero-order valence-corrected chi connectivity index (χ0v) is 6.00. The maximum atomic E-state index is 8.73. The maximum absolute atomic E-state index is 8.73. The van der Waals surface area contributed by atoms with Crippen LogP contribution in [0.25, 0.3) is 0 Å². The summed E-state index contributed by atoms with van der Waals surface area (Å²) in [5.74, 6) is 0.532. The standard InChI is InChI=1S/C7H14O2/c1-5-3-6(2)9-7(5)4-8/h5-8H,3-4H2,1-2H3/t5?,6-,7+/m1/s1. The fourth-order valence-electron chi connectivity index (χ4n) is 1.39. The summed E-state index contributed by atoms with van der Waals surface area (Å²) in [7, 11) is 0. The molecule has 0 amide bonds.